The first-order valence-electron chi connectivity index (χ1n) is 7.92. The molecule has 3 nitrogen and oxygen atoms in total. The summed E-state index contributed by atoms with van der Waals surface area (Å²) in [5.74, 6) is 0. The molecule has 3 rings (SSSR count). The van der Waals surface area contributed by atoms with Gasteiger partial charge < -0.3 is 0 Å². The molecule has 1 aliphatic rings. The van der Waals surface area contributed by atoms with E-state index >= 15 is 0 Å². The van der Waals surface area contributed by atoms with E-state index in [-0.39, 0.29) is 0 Å². The predicted octanol–water partition coefficient (Wildman–Crippen LogP) is 3.52. The molecule has 1 heterocycles. The highest BCUT2D eigenvalue weighted by Gasteiger charge is 2.24. The molecule has 0 spiro atoms. The Morgan fingerprint density at radius 2 is 1.65 bits per heavy atom. The van der Waals surface area contributed by atoms with Crippen molar-refractivity contribution in [1.82, 2.24) is 4.31 Å². The summed E-state index contributed by atoms with van der Waals surface area (Å²) in [5.41, 5.74) is 3.59. The van der Waals surface area contributed by atoms with Crippen LogP contribution in [0.1, 0.15) is 23.1 Å². The highest BCUT2D eigenvalue weighted by atomic mass is 32.2. The van der Waals surface area contributed by atoms with E-state index in [1.165, 1.54) is 16.5 Å². The first-order valence-corrected chi connectivity index (χ1v) is 9.43. The standard InChI is InChI=1S/C19H21NO2S/c21-23(22,15-7-6-10-17-8-2-1-3-9-17)20-14-13-18-11-4-5-12-19(18)16-20/h1-5,7-9,11-12,15H,6,10,13-14,16H2. The lowest BCUT2D eigenvalue weighted by molar-refractivity contribution is 0.397. The largest absolute Gasteiger partial charge is 0.236 e. The maximum Gasteiger partial charge on any atom is 0.236 e. The Bertz CT molecular complexity index is 782. The highest BCUT2D eigenvalue weighted by molar-refractivity contribution is 7.92. The molecule has 2 aromatic carbocycles. The van der Waals surface area contributed by atoms with Crippen LogP contribution in [0.5, 0.6) is 0 Å². The number of fused-ring (bicyclic) bond motifs is 1. The van der Waals surface area contributed by atoms with Crippen LogP contribution >= 0.6 is 0 Å². The number of nitrogens with zero attached hydrogens (tertiary/aromatic N) is 1. The molecule has 4 heteroatoms. The van der Waals surface area contributed by atoms with Crippen LogP contribution in [0, 0.1) is 0 Å². The molecule has 1 aliphatic heterocycles. The molecule has 0 aromatic heterocycles. The lowest BCUT2D eigenvalue weighted by atomic mass is 10.0. The van der Waals surface area contributed by atoms with Crippen LogP contribution in [0.2, 0.25) is 0 Å². The summed E-state index contributed by atoms with van der Waals surface area (Å²) in [4.78, 5) is 0. The molecule has 0 N–H and O–H groups in total. The number of hydrogen-bond donors (Lipinski definition) is 0. The highest BCUT2D eigenvalue weighted by Crippen LogP contribution is 2.21. The van der Waals surface area contributed by atoms with Gasteiger partial charge in [0.1, 0.15) is 0 Å². The molecule has 0 radical (unpaired) electrons. The number of benzene rings is 2. The van der Waals surface area contributed by atoms with E-state index in [4.69, 9.17) is 0 Å². The zero-order chi connectivity index (χ0) is 16.1. The van der Waals surface area contributed by atoms with Gasteiger partial charge in [0.2, 0.25) is 10.0 Å². The van der Waals surface area contributed by atoms with E-state index < -0.39 is 10.0 Å². The second-order valence-corrected chi connectivity index (χ2v) is 7.61. The van der Waals surface area contributed by atoms with Crippen LogP contribution in [0.15, 0.2) is 66.1 Å². The topological polar surface area (TPSA) is 37.4 Å². The predicted molar refractivity (Wildman–Crippen MR) is 93.4 cm³/mol. The van der Waals surface area contributed by atoms with Crippen LogP contribution in [0.4, 0.5) is 0 Å². The van der Waals surface area contributed by atoms with Crippen molar-refractivity contribution in [2.24, 2.45) is 0 Å². The first-order chi connectivity index (χ1) is 11.1. The number of aryl methyl sites for hydroxylation is 1. The van der Waals surface area contributed by atoms with Crippen molar-refractivity contribution in [3.8, 4) is 0 Å². The minimum Gasteiger partial charge on any atom is -0.208 e. The van der Waals surface area contributed by atoms with Crippen molar-refractivity contribution in [2.75, 3.05) is 6.54 Å². The van der Waals surface area contributed by atoms with Crippen molar-refractivity contribution < 1.29 is 8.42 Å². The summed E-state index contributed by atoms with van der Waals surface area (Å²) in [5, 5.41) is 1.36. The summed E-state index contributed by atoms with van der Waals surface area (Å²) in [6, 6.07) is 18.2. The van der Waals surface area contributed by atoms with Gasteiger partial charge in [0, 0.05) is 18.5 Å². The minimum absolute atomic E-state index is 0.474. The molecule has 0 fully saturated rings. The van der Waals surface area contributed by atoms with Gasteiger partial charge in [0.05, 0.1) is 0 Å². The Labute approximate surface area is 138 Å². The van der Waals surface area contributed by atoms with Gasteiger partial charge in [-0.3, -0.25) is 0 Å². The lowest BCUT2D eigenvalue weighted by Crippen LogP contribution is -2.34. The third kappa shape index (κ3) is 4.09. The molecule has 0 atom stereocenters. The summed E-state index contributed by atoms with van der Waals surface area (Å²) in [6.45, 7) is 1.03. The second-order valence-electron chi connectivity index (χ2n) is 5.79. The van der Waals surface area contributed by atoms with Crippen LogP contribution in [-0.2, 0) is 29.4 Å². The number of sulfonamides is 1. The van der Waals surface area contributed by atoms with Crippen LogP contribution in [0.25, 0.3) is 0 Å². The van der Waals surface area contributed by atoms with Crippen LogP contribution < -0.4 is 0 Å². The number of hydrogen-bond acceptors (Lipinski definition) is 2. The first kappa shape index (κ1) is 16.0. The lowest BCUT2D eigenvalue weighted by Gasteiger charge is -2.26. The van der Waals surface area contributed by atoms with Gasteiger partial charge in [-0.25, -0.2) is 8.42 Å². The van der Waals surface area contributed by atoms with Crippen LogP contribution in [-0.4, -0.2) is 19.3 Å². The van der Waals surface area contributed by atoms with Gasteiger partial charge in [0.15, 0.2) is 0 Å². The summed E-state index contributed by atoms with van der Waals surface area (Å²) < 4.78 is 26.5. The van der Waals surface area contributed by atoms with Gasteiger partial charge in [-0.05, 0) is 36.0 Å². The van der Waals surface area contributed by atoms with Gasteiger partial charge in [-0.1, -0.05) is 60.7 Å². The second kappa shape index (κ2) is 7.11. The third-order valence-corrected chi connectivity index (χ3v) is 5.73. The quantitative estimate of drug-likeness (QED) is 0.842. The van der Waals surface area contributed by atoms with E-state index in [0.717, 1.165) is 24.8 Å². The molecule has 120 valence electrons. The molecular formula is C19H21NO2S. The summed E-state index contributed by atoms with van der Waals surface area (Å²) >= 11 is 0. The zero-order valence-corrected chi connectivity index (χ0v) is 13.9. The summed E-state index contributed by atoms with van der Waals surface area (Å²) in [6.07, 6.45) is 4.14. The average Bonchev–Trinajstić information content (AvgIpc) is 2.59. The van der Waals surface area contributed by atoms with Crippen molar-refractivity contribution in [2.45, 2.75) is 25.8 Å². The Hall–Kier alpha value is -1.91. The number of allylic oxidation sites excluding steroid dienone is 1. The molecule has 0 aliphatic carbocycles. The van der Waals surface area contributed by atoms with Gasteiger partial charge in [-0.15, -0.1) is 0 Å². The fourth-order valence-corrected chi connectivity index (χ4v) is 4.07. The molecule has 0 amide bonds. The van der Waals surface area contributed by atoms with Crippen LogP contribution in [0.3, 0.4) is 0 Å². The molecule has 0 unspecified atom stereocenters. The Kier molecular flexibility index (Phi) is 4.94. The maximum atomic E-state index is 12.4. The van der Waals surface area contributed by atoms with E-state index in [0.29, 0.717) is 13.1 Å². The molecule has 0 saturated carbocycles. The average molecular weight is 327 g/mol. The molecule has 0 bridgehead atoms. The van der Waals surface area contributed by atoms with E-state index in [9.17, 15) is 8.42 Å². The van der Waals surface area contributed by atoms with Crippen molar-refractivity contribution in [1.29, 1.82) is 0 Å². The zero-order valence-electron chi connectivity index (χ0n) is 13.1. The summed E-state index contributed by atoms with van der Waals surface area (Å²) in [7, 11) is -3.33. The Morgan fingerprint density at radius 1 is 0.957 bits per heavy atom. The van der Waals surface area contributed by atoms with E-state index in [2.05, 4.69) is 18.2 Å². The minimum atomic E-state index is -3.33. The fraction of sp³-hybridized carbons (Fsp3) is 0.263. The third-order valence-electron chi connectivity index (χ3n) is 4.17. The van der Waals surface area contributed by atoms with E-state index in [1.54, 1.807) is 10.4 Å². The van der Waals surface area contributed by atoms with Crippen molar-refractivity contribution in [3.63, 3.8) is 0 Å². The monoisotopic (exact) mass is 327 g/mol. The Balaban J connectivity index is 1.60. The van der Waals surface area contributed by atoms with Crippen molar-refractivity contribution >= 4 is 10.0 Å². The smallest absolute Gasteiger partial charge is 0.208 e. The van der Waals surface area contributed by atoms with Gasteiger partial charge in [-0.2, -0.15) is 4.31 Å². The van der Waals surface area contributed by atoms with Gasteiger partial charge in [0.25, 0.3) is 0 Å². The number of rotatable bonds is 5. The molecule has 23 heavy (non-hydrogen) atoms. The molecule has 2 aromatic rings. The normalized spacial score (nSPS) is 15.7. The van der Waals surface area contributed by atoms with E-state index in [1.807, 2.05) is 36.4 Å². The molecule has 0 saturated heterocycles. The van der Waals surface area contributed by atoms with Crippen molar-refractivity contribution in [3.05, 3.63) is 82.8 Å². The Morgan fingerprint density at radius 3 is 2.43 bits per heavy atom. The SMILES string of the molecule is O=S(=O)(C=CCCc1ccccc1)N1CCc2ccccc2C1. The fourth-order valence-electron chi connectivity index (χ4n) is 2.86. The molecular weight excluding hydrogens is 306 g/mol. The van der Waals surface area contributed by atoms with Gasteiger partial charge >= 0.3 is 0 Å². The maximum absolute atomic E-state index is 12.4.